The van der Waals surface area contributed by atoms with E-state index >= 15 is 0 Å². The molecule has 0 radical (unpaired) electrons. The van der Waals surface area contributed by atoms with Crippen molar-refractivity contribution in [2.75, 3.05) is 58.4 Å². The molecule has 2 fully saturated rings. The Morgan fingerprint density at radius 1 is 1.07 bits per heavy atom. The van der Waals surface area contributed by atoms with Gasteiger partial charge in [0, 0.05) is 37.9 Å². The van der Waals surface area contributed by atoms with Crippen LogP contribution in [-0.4, -0.2) is 88.7 Å². The summed E-state index contributed by atoms with van der Waals surface area (Å²) in [6.45, 7) is 7.60. The molecule has 0 aliphatic carbocycles. The van der Waals surface area contributed by atoms with Crippen LogP contribution in [0.4, 0.5) is 11.5 Å². The van der Waals surface area contributed by atoms with Gasteiger partial charge in [-0.3, -0.25) is 14.6 Å². The molecule has 2 saturated heterocycles. The molecule has 0 bridgehead atoms. The van der Waals surface area contributed by atoms with Crippen LogP contribution in [0.2, 0.25) is 0 Å². The zero-order chi connectivity index (χ0) is 29.8. The summed E-state index contributed by atoms with van der Waals surface area (Å²) >= 11 is 0. The number of amides is 1. The molecule has 1 amide bonds. The van der Waals surface area contributed by atoms with Crippen LogP contribution in [0.1, 0.15) is 36.3 Å². The largest absolute Gasteiger partial charge is 0.480 e. The number of H-pyrrole nitrogens is 1. The number of hydrogen-bond acceptors (Lipinski definition) is 9. The Balaban J connectivity index is 1.15. The van der Waals surface area contributed by atoms with Gasteiger partial charge in [-0.25, -0.2) is 9.97 Å². The van der Waals surface area contributed by atoms with Crippen LogP contribution in [0.3, 0.4) is 0 Å². The Bertz CT molecular complexity index is 1660. The van der Waals surface area contributed by atoms with E-state index in [1.807, 2.05) is 17.0 Å². The molecule has 0 unspecified atom stereocenters. The fourth-order valence-corrected chi connectivity index (χ4v) is 6.05. The highest BCUT2D eigenvalue weighted by molar-refractivity contribution is 5.95. The molecule has 2 aliphatic rings. The molecule has 0 atom stereocenters. The molecule has 6 rings (SSSR count). The minimum Gasteiger partial charge on any atom is -0.480 e. The van der Waals surface area contributed by atoms with E-state index in [9.17, 15) is 9.59 Å². The topological polar surface area (TPSA) is 126 Å². The number of piperidine rings is 1. The molecule has 2 aliphatic heterocycles. The Morgan fingerprint density at radius 2 is 1.88 bits per heavy atom. The lowest BCUT2D eigenvalue weighted by Crippen LogP contribution is -2.42. The van der Waals surface area contributed by atoms with Crippen LogP contribution < -0.4 is 15.6 Å². The number of nitrogens with one attached hydrogen (secondary N) is 2. The maximum Gasteiger partial charge on any atom is 0.259 e. The number of aromatic amines is 1. The molecule has 5 heterocycles. The summed E-state index contributed by atoms with van der Waals surface area (Å²) in [5, 5.41) is 4.61. The molecule has 3 aromatic heterocycles. The van der Waals surface area contributed by atoms with Gasteiger partial charge >= 0.3 is 0 Å². The molecule has 0 spiro atoms. The van der Waals surface area contributed by atoms with E-state index in [-0.39, 0.29) is 11.5 Å². The highest BCUT2D eigenvalue weighted by Crippen LogP contribution is 2.33. The lowest BCUT2D eigenvalue weighted by atomic mass is 9.86. The molecule has 224 valence electrons. The summed E-state index contributed by atoms with van der Waals surface area (Å²) in [7, 11) is 1.54. The number of ether oxygens (including phenoxy) is 2. The van der Waals surface area contributed by atoms with Gasteiger partial charge in [-0.05, 0) is 79.6 Å². The zero-order valence-electron chi connectivity index (χ0n) is 24.6. The van der Waals surface area contributed by atoms with Crippen LogP contribution in [0.25, 0.3) is 22.2 Å². The Morgan fingerprint density at radius 3 is 2.65 bits per heavy atom. The Hall–Kier alpha value is -4.35. The number of pyridine rings is 2. The molecule has 1 aromatic carbocycles. The van der Waals surface area contributed by atoms with E-state index in [1.54, 1.807) is 19.5 Å². The second-order valence-electron chi connectivity index (χ2n) is 11.1. The molecular weight excluding hydrogens is 546 g/mol. The van der Waals surface area contributed by atoms with Crippen LogP contribution in [0.15, 0.2) is 53.7 Å². The normalized spacial score (nSPS) is 16.4. The van der Waals surface area contributed by atoms with E-state index in [0.717, 1.165) is 43.5 Å². The maximum atomic E-state index is 12.8. The third-order valence-electron chi connectivity index (χ3n) is 8.40. The number of fused-ring (bicyclic) bond motifs is 1. The van der Waals surface area contributed by atoms with Crippen LogP contribution >= 0.6 is 0 Å². The van der Waals surface area contributed by atoms with Crippen LogP contribution in [0, 0.1) is 6.92 Å². The number of aromatic nitrogens is 4. The van der Waals surface area contributed by atoms with Gasteiger partial charge in [-0.15, -0.1) is 0 Å². The second-order valence-corrected chi connectivity index (χ2v) is 11.1. The quantitative estimate of drug-likeness (QED) is 0.318. The van der Waals surface area contributed by atoms with E-state index in [0.29, 0.717) is 67.1 Å². The third kappa shape index (κ3) is 6.52. The summed E-state index contributed by atoms with van der Waals surface area (Å²) in [6.07, 6.45) is 7.48. The predicted octanol–water partition coefficient (Wildman–Crippen LogP) is 3.87. The monoisotopic (exact) mass is 583 g/mol. The molecular formula is C32H37N7O4. The third-order valence-corrected chi connectivity index (χ3v) is 8.40. The van der Waals surface area contributed by atoms with Gasteiger partial charge in [0.2, 0.25) is 11.8 Å². The van der Waals surface area contributed by atoms with E-state index in [2.05, 4.69) is 50.3 Å². The van der Waals surface area contributed by atoms with Crippen molar-refractivity contribution in [1.82, 2.24) is 29.7 Å². The smallest absolute Gasteiger partial charge is 0.259 e. The first-order valence-corrected chi connectivity index (χ1v) is 14.8. The minimum atomic E-state index is -0.220. The molecule has 11 nitrogen and oxygen atoms in total. The molecule has 43 heavy (non-hydrogen) atoms. The number of carbonyl (C=O) groups is 1. The molecule has 2 N–H and O–H groups in total. The van der Waals surface area contributed by atoms with Gasteiger partial charge in [0.1, 0.15) is 11.5 Å². The van der Waals surface area contributed by atoms with Gasteiger partial charge in [0.05, 0.1) is 43.8 Å². The van der Waals surface area contributed by atoms with Crippen molar-refractivity contribution in [3.63, 3.8) is 0 Å². The summed E-state index contributed by atoms with van der Waals surface area (Å²) < 4.78 is 10.6. The number of methoxy groups -OCH3 is 1. The van der Waals surface area contributed by atoms with Crippen molar-refractivity contribution >= 4 is 28.2 Å². The Kier molecular flexibility index (Phi) is 8.62. The lowest BCUT2D eigenvalue weighted by Gasteiger charge is -2.33. The second kappa shape index (κ2) is 12.9. The van der Waals surface area contributed by atoms with E-state index in [4.69, 9.17) is 14.5 Å². The highest BCUT2D eigenvalue weighted by atomic mass is 16.5. The SMILES string of the molecule is COc1cncc(-c2cc3cc[nH]c(=O)c3c(Nc3ccc(C4CCN(CCC(=O)N5CCOCC5)CC4)c(C)c3)n2)n1. The van der Waals surface area contributed by atoms with Crippen molar-refractivity contribution in [2.45, 2.75) is 32.1 Å². The summed E-state index contributed by atoms with van der Waals surface area (Å²) in [5.41, 5.74) is 4.30. The van der Waals surface area contributed by atoms with Crippen molar-refractivity contribution in [2.24, 2.45) is 0 Å². The minimum absolute atomic E-state index is 0.220. The predicted molar refractivity (Wildman–Crippen MR) is 165 cm³/mol. The number of rotatable bonds is 8. The summed E-state index contributed by atoms with van der Waals surface area (Å²) in [5.74, 6) is 1.54. The number of carbonyl (C=O) groups excluding carboxylic acids is 1. The molecule has 0 saturated carbocycles. The van der Waals surface area contributed by atoms with Crippen molar-refractivity contribution in [1.29, 1.82) is 0 Å². The lowest BCUT2D eigenvalue weighted by molar-refractivity contribution is -0.135. The van der Waals surface area contributed by atoms with Gasteiger partial charge in [-0.1, -0.05) is 6.07 Å². The van der Waals surface area contributed by atoms with Gasteiger partial charge in [-0.2, -0.15) is 0 Å². The van der Waals surface area contributed by atoms with Crippen molar-refractivity contribution in [3.8, 4) is 17.3 Å². The van der Waals surface area contributed by atoms with Crippen molar-refractivity contribution < 1.29 is 14.3 Å². The van der Waals surface area contributed by atoms with E-state index in [1.165, 1.54) is 17.3 Å². The number of benzene rings is 1. The number of nitrogens with zero attached hydrogens (tertiary/aromatic N) is 5. The van der Waals surface area contributed by atoms with Crippen LogP contribution in [0.5, 0.6) is 5.88 Å². The number of anilines is 2. The summed E-state index contributed by atoms with van der Waals surface area (Å²) in [4.78, 5) is 46.0. The van der Waals surface area contributed by atoms with Crippen molar-refractivity contribution in [3.05, 3.63) is 70.4 Å². The first kappa shape index (κ1) is 28.8. The van der Waals surface area contributed by atoms with Crippen LogP contribution in [-0.2, 0) is 9.53 Å². The highest BCUT2D eigenvalue weighted by Gasteiger charge is 2.24. The molecule has 11 heteroatoms. The number of aryl methyl sites for hydroxylation is 1. The summed E-state index contributed by atoms with van der Waals surface area (Å²) in [6, 6.07) is 10.0. The number of likely N-dealkylation sites (tertiary alicyclic amines) is 1. The Labute approximate surface area is 250 Å². The average molecular weight is 584 g/mol. The number of morpholine rings is 1. The number of hydrogen-bond donors (Lipinski definition) is 2. The molecule has 4 aromatic rings. The average Bonchev–Trinajstić information content (AvgIpc) is 3.04. The van der Waals surface area contributed by atoms with Gasteiger partial charge < -0.3 is 29.6 Å². The standard InChI is InChI=1S/C32H37N7O4/c1-21-17-24(3-4-25(21)22-6-10-38(11-7-22)12-8-29(40)39-13-15-43-16-14-39)35-31-30-23(5-9-34-32(30)41)18-26(37-31)27-19-33-20-28(36-27)42-2/h3-5,9,17-20,22H,6-8,10-16H2,1-2H3,(H,34,41)(H,35,37). The van der Waals surface area contributed by atoms with Gasteiger partial charge in [0.15, 0.2) is 0 Å². The fourth-order valence-electron chi connectivity index (χ4n) is 6.05. The zero-order valence-corrected chi connectivity index (χ0v) is 24.6. The first-order valence-electron chi connectivity index (χ1n) is 14.8. The maximum absolute atomic E-state index is 12.8. The van der Waals surface area contributed by atoms with E-state index < -0.39 is 0 Å². The first-order chi connectivity index (χ1) is 21.0. The van der Waals surface area contributed by atoms with Gasteiger partial charge in [0.25, 0.3) is 5.56 Å². The fraction of sp³-hybridized carbons (Fsp3) is 0.406.